The highest BCUT2D eigenvalue weighted by atomic mass is 31.2. The van der Waals surface area contributed by atoms with Gasteiger partial charge in [0.1, 0.15) is 23.1 Å². The van der Waals surface area contributed by atoms with E-state index in [-0.39, 0.29) is 55.1 Å². The van der Waals surface area contributed by atoms with Gasteiger partial charge in [0.15, 0.2) is 17.1 Å². The van der Waals surface area contributed by atoms with Crippen LogP contribution in [0.4, 0.5) is 14.6 Å². The van der Waals surface area contributed by atoms with Gasteiger partial charge in [-0.2, -0.15) is 19.4 Å². The summed E-state index contributed by atoms with van der Waals surface area (Å²) in [6.07, 6.45) is 26.3. The lowest BCUT2D eigenvalue weighted by molar-refractivity contribution is -0.146. The van der Waals surface area contributed by atoms with Gasteiger partial charge in [-0.05, 0) is 43.5 Å². The van der Waals surface area contributed by atoms with Gasteiger partial charge >= 0.3 is 19.8 Å². The van der Waals surface area contributed by atoms with E-state index in [1.165, 1.54) is 94.4 Å². The van der Waals surface area contributed by atoms with Crippen LogP contribution in [0.3, 0.4) is 0 Å². The Morgan fingerprint density at radius 2 is 1.67 bits per heavy atom. The number of rotatable bonds is 29. The second kappa shape index (κ2) is 23.9. The van der Waals surface area contributed by atoms with E-state index in [1.807, 2.05) is 0 Å². The van der Waals surface area contributed by atoms with Crippen molar-refractivity contribution in [3.05, 3.63) is 66.3 Å². The number of nitrogens with one attached hydrogen (secondary N) is 1. The number of halogens is 2. The lowest BCUT2D eigenvalue weighted by atomic mass is 10.0. The molecule has 3 aromatic rings. The zero-order valence-corrected chi connectivity index (χ0v) is 34.3. The van der Waals surface area contributed by atoms with Crippen molar-refractivity contribution in [2.75, 3.05) is 26.1 Å². The number of nitrogens with zero attached hydrogens (tertiary/aromatic N) is 4. The number of fused-ring (bicyclic) bond motifs is 1. The molecule has 0 saturated heterocycles. The zero-order valence-electron chi connectivity index (χ0n) is 33.4. The van der Waals surface area contributed by atoms with Gasteiger partial charge in [0.25, 0.3) is 0 Å². The van der Waals surface area contributed by atoms with Gasteiger partial charge in [0.05, 0.1) is 19.5 Å². The van der Waals surface area contributed by atoms with E-state index in [0.29, 0.717) is 12.0 Å². The van der Waals surface area contributed by atoms with Crippen molar-refractivity contribution >= 4 is 30.7 Å². The average molecular weight is 813 g/mol. The molecule has 3 N–H and O–H groups in total. The Balaban J connectivity index is 1.35. The number of terminal acetylenes is 1. The van der Waals surface area contributed by atoms with Crippen LogP contribution in [-0.2, 0) is 29.9 Å². The zero-order chi connectivity index (χ0) is 40.9. The largest absolute Gasteiger partial charge is 0.465 e. The molecule has 0 saturated carbocycles. The normalized spacial score (nSPS) is 15.4. The number of imidazole rings is 1. The molecule has 1 aliphatic rings. The lowest BCUT2D eigenvalue weighted by Crippen LogP contribution is -2.41. The molecule has 0 fully saturated rings. The SMILES string of the molecule is C#C[C@](CCn1cnc2c(N)nc(F)nc21)(COP(=O)(N[C@@H](CC1=CC(F)=CC1)C(=O)OCCCCCCCCCCCCCCCC)Oc1ccccc1)OC. The Kier molecular flexibility index (Phi) is 19.1. The molecule has 3 atom stereocenters. The number of nitrogen functional groups attached to an aromatic ring is 1. The summed E-state index contributed by atoms with van der Waals surface area (Å²) >= 11 is 0. The smallest absolute Gasteiger partial charge is 0.459 e. The number of hydrogen-bond donors (Lipinski definition) is 2. The molecule has 0 spiro atoms. The van der Waals surface area contributed by atoms with Gasteiger partial charge in [-0.25, -0.2) is 13.9 Å². The molecule has 12 nitrogen and oxygen atoms in total. The minimum atomic E-state index is -4.43. The molecule has 57 heavy (non-hydrogen) atoms. The maximum absolute atomic E-state index is 14.6. The first-order valence-electron chi connectivity index (χ1n) is 20.2. The molecule has 15 heteroatoms. The lowest BCUT2D eigenvalue weighted by Gasteiger charge is -2.30. The quantitative estimate of drug-likeness (QED) is 0.0227. The van der Waals surface area contributed by atoms with Gasteiger partial charge < -0.3 is 24.3 Å². The highest BCUT2D eigenvalue weighted by molar-refractivity contribution is 7.52. The Morgan fingerprint density at radius 3 is 2.26 bits per heavy atom. The summed E-state index contributed by atoms with van der Waals surface area (Å²) in [6.45, 7) is 2.10. The molecular weight excluding hydrogens is 753 g/mol. The van der Waals surface area contributed by atoms with Crippen molar-refractivity contribution in [1.82, 2.24) is 24.6 Å². The third-order valence-corrected chi connectivity index (χ3v) is 11.6. The standard InChI is InChI=1S/C42H59F2N6O6P/c1-4-6-7-8-9-10-11-12-13-14-15-16-17-21-28-54-40(51)36(30-33-24-25-34(43)29-33)49-57(52,56-35-22-19-18-20-23-35)55-31-42(5-2,53-3)26-27-50-32-46-37-38(45)47-41(44)48-39(37)50/h2,18-20,22-23,25,29,32,36H,4,6-17,21,24,26-28,30-31H2,1,3H3,(H,49,52)(H2,45,47,48)/t36-,42-,57?/m0/s1. The molecule has 4 rings (SSSR count). The summed E-state index contributed by atoms with van der Waals surface area (Å²) in [5, 5.41) is 2.79. The monoisotopic (exact) mass is 812 g/mol. The number of unbranched alkanes of at least 4 members (excludes halogenated alkanes) is 13. The Bertz CT molecular complexity index is 1850. The number of methoxy groups -OCH3 is 1. The number of para-hydroxylation sites is 1. The number of anilines is 1. The van der Waals surface area contributed by atoms with Gasteiger partial charge in [-0.3, -0.25) is 9.32 Å². The summed E-state index contributed by atoms with van der Waals surface area (Å²) in [5.74, 6) is 1.58. The van der Waals surface area contributed by atoms with Crippen LogP contribution in [0.5, 0.6) is 5.75 Å². The number of hydrogen-bond acceptors (Lipinski definition) is 10. The topological polar surface area (TPSA) is 153 Å². The fourth-order valence-electron chi connectivity index (χ4n) is 6.60. The maximum atomic E-state index is 14.6. The molecular formula is C42H59F2N6O6P. The summed E-state index contributed by atoms with van der Waals surface area (Å²) in [5.41, 5.74) is 5.32. The number of ether oxygens (including phenoxy) is 2. The predicted octanol–water partition coefficient (Wildman–Crippen LogP) is 9.72. The molecule has 0 aliphatic heterocycles. The number of aryl methyl sites for hydroxylation is 1. The number of esters is 1. The third kappa shape index (κ3) is 15.3. The van der Waals surface area contributed by atoms with E-state index in [1.54, 1.807) is 30.3 Å². The molecule has 0 bridgehead atoms. The number of benzene rings is 1. The van der Waals surface area contributed by atoms with E-state index < -0.39 is 43.9 Å². The van der Waals surface area contributed by atoms with Crippen molar-refractivity contribution < 1.29 is 36.7 Å². The van der Waals surface area contributed by atoms with Crippen LogP contribution < -0.4 is 15.3 Å². The van der Waals surface area contributed by atoms with Crippen LogP contribution in [0, 0.1) is 18.4 Å². The first-order chi connectivity index (χ1) is 27.6. The minimum absolute atomic E-state index is 0.00714. The molecule has 2 aromatic heterocycles. The van der Waals surface area contributed by atoms with E-state index in [2.05, 4.69) is 32.9 Å². The maximum Gasteiger partial charge on any atom is 0.459 e. The van der Waals surface area contributed by atoms with Gasteiger partial charge in [-0.1, -0.05) is 120 Å². The van der Waals surface area contributed by atoms with Crippen LogP contribution in [0.1, 0.15) is 116 Å². The van der Waals surface area contributed by atoms with Crippen LogP contribution in [0.2, 0.25) is 0 Å². The third-order valence-electron chi connectivity index (χ3n) is 10.0. The van der Waals surface area contributed by atoms with E-state index in [0.717, 1.165) is 19.3 Å². The number of carbonyl (C=O) groups is 1. The summed E-state index contributed by atoms with van der Waals surface area (Å²) in [6, 6.07) is 7.10. The number of carbonyl (C=O) groups excluding carboxylic acids is 1. The highest BCUT2D eigenvalue weighted by Gasteiger charge is 2.39. The van der Waals surface area contributed by atoms with Crippen molar-refractivity contribution in [2.24, 2.45) is 0 Å². The Hall–Kier alpha value is -4.15. The number of allylic oxidation sites excluding steroid dienone is 3. The highest BCUT2D eigenvalue weighted by Crippen LogP contribution is 2.46. The first-order valence-corrected chi connectivity index (χ1v) is 21.8. The van der Waals surface area contributed by atoms with Crippen LogP contribution in [0.15, 0.2) is 60.2 Å². The average Bonchev–Trinajstić information content (AvgIpc) is 3.81. The predicted molar refractivity (Wildman–Crippen MR) is 218 cm³/mol. The number of nitrogens with two attached hydrogens (primary N) is 1. The number of aromatic nitrogens is 4. The first kappa shape index (κ1) is 45.6. The van der Waals surface area contributed by atoms with Crippen LogP contribution in [0.25, 0.3) is 11.2 Å². The second-order valence-electron chi connectivity index (χ2n) is 14.5. The fraction of sp³-hybridized carbons (Fsp3) is 0.571. The Labute approximate surface area is 336 Å². The fourth-order valence-corrected chi connectivity index (χ4v) is 8.13. The van der Waals surface area contributed by atoms with E-state index in [4.69, 9.17) is 30.7 Å². The summed E-state index contributed by atoms with van der Waals surface area (Å²) in [7, 11) is -3.05. The van der Waals surface area contributed by atoms with Crippen molar-refractivity contribution in [3.63, 3.8) is 0 Å². The molecule has 1 aromatic carbocycles. The second-order valence-corrected chi connectivity index (χ2v) is 16.2. The summed E-state index contributed by atoms with van der Waals surface area (Å²) < 4.78 is 67.5. The van der Waals surface area contributed by atoms with E-state index >= 15 is 0 Å². The van der Waals surface area contributed by atoms with Gasteiger partial charge in [0, 0.05) is 20.1 Å². The Morgan fingerprint density at radius 1 is 1.02 bits per heavy atom. The van der Waals surface area contributed by atoms with Crippen molar-refractivity contribution in [1.29, 1.82) is 0 Å². The molecule has 2 heterocycles. The van der Waals surface area contributed by atoms with Gasteiger partial charge in [0.2, 0.25) is 0 Å². The molecule has 0 amide bonds. The van der Waals surface area contributed by atoms with Crippen molar-refractivity contribution in [3.8, 4) is 18.1 Å². The molecule has 0 radical (unpaired) electrons. The summed E-state index contributed by atoms with van der Waals surface area (Å²) in [4.78, 5) is 25.1. The van der Waals surface area contributed by atoms with Crippen molar-refractivity contribution in [2.45, 2.75) is 134 Å². The van der Waals surface area contributed by atoms with Crippen LogP contribution in [-0.4, -0.2) is 57.5 Å². The molecule has 1 unspecified atom stereocenters. The molecule has 312 valence electrons. The van der Waals surface area contributed by atoms with Gasteiger partial charge in [-0.15, -0.1) is 6.42 Å². The van der Waals surface area contributed by atoms with E-state index in [9.17, 15) is 18.1 Å². The molecule has 1 aliphatic carbocycles. The minimum Gasteiger partial charge on any atom is -0.465 e. The van der Waals surface area contributed by atoms with Crippen LogP contribution >= 0.6 is 7.75 Å².